The zero-order valence-corrected chi connectivity index (χ0v) is 11.8. The van der Waals surface area contributed by atoms with Crippen LogP contribution in [-0.2, 0) is 16.4 Å². The van der Waals surface area contributed by atoms with Crippen LogP contribution in [0.4, 0.5) is 0 Å². The number of aromatic nitrogens is 1. The van der Waals surface area contributed by atoms with E-state index in [1.807, 2.05) is 42.0 Å². The number of fused-ring (bicyclic) bond motifs is 1. The summed E-state index contributed by atoms with van der Waals surface area (Å²) in [5.41, 5.74) is 0.908. The Balaban J connectivity index is 2.23. The molecule has 0 unspecified atom stereocenters. The normalized spacial score (nSPS) is 12.1. The Kier molecular flexibility index (Phi) is 3.97. The Labute approximate surface area is 112 Å². The molecule has 0 fully saturated rings. The van der Waals surface area contributed by atoms with Gasteiger partial charge in [-0.2, -0.15) is 0 Å². The fourth-order valence-electron chi connectivity index (χ4n) is 2.05. The van der Waals surface area contributed by atoms with Gasteiger partial charge in [-0.25, -0.2) is 8.42 Å². The number of para-hydroxylation sites is 1. The molecule has 0 aliphatic heterocycles. The zero-order valence-electron chi connectivity index (χ0n) is 10.3. The van der Waals surface area contributed by atoms with Crippen molar-refractivity contribution in [3.8, 4) is 0 Å². The Hall–Kier alpha value is -1.00. The summed E-state index contributed by atoms with van der Waals surface area (Å²) >= 11 is 6.14. The molecule has 1 aromatic heterocycles. The molecular weight excluding hydrogens is 270 g/mol. The smallest absolute Gasteiger partial charge is 0.152 e. The molecule has 2 aromatic rings. The lowest BCUT2D eigenvalue weighted by Gasteiger charge is -2.07. The van der Waals surface area contributed by atoms with E-state index in [-0.39, 0.29) is 11.5 Å². The molecule has 98 valence electrons. The van der Waals surface area contributed by atoms with Gasteiger partial charge in [-0.3, -0.25) is 0 Å². The van der Waals surface area contributed by atoms with Crippen LogP contribution in [0.1, 0.15) is 13.3 Å². The molecule has 0 amide bonds. The molecule has 0 radical (unpaired) electrons. The van der Waals surface area contributed by atoms with E-state index in [1.54, 1.807) is 0 Å². The van der Waals surface area contributed by atoms with Gasteiger partial charge >= 0.3 is 0 Å². The topological polar surface area (TPSA) is 39.1 Å². The fourth-order valence-corrected chi connectivity index (χ4v) is 3.64. The highest BCUT2D eigenvalue weighted by Crippen LogP contribution is 2.24. The molecule has 3 nitrogen and oxygen atoms in total. The van der Waals surface area contributed by atoms with Gasteiger partial charge in [-0.05, 0) is 18.6 Å². The maximum absolute atomic E-state index is 11.7. The number of rotatable bonds is 5. The number of benzene rings is 1. The van der Waals surface area contributed by atoms with Crippen molar-refractivity contribution in [2.45, 2.75) is 19.9 Å². The summed E-state index contributed by atoms with van der Waals surface area (Å²) in [6.07, 6.45) is 2.55. The molecule has 0 saturated carbocycles. The molecule has 18 heavy (non-hydrogen) atoms. The molecular formula is C13H16ClNO2S. The van der Waals surface area contributed by atoms with E-state index in [4.69, 9.17) is 11.6 Å². The predicted molar refractivity (Wildman–Crippen MR) is 75.9 cm³/mol. The molecule has 1 heterocycles. The molecule has 0 aliphatic rings. The second-order valence-electron chi connectivity index (χ2n) is 4.34. The highest BCUT2D eigenvalue weighted by molar-refractivity contribution is 7.91. The van der Waals surface area contributed by atoms with Crippen LogP contribution in [0.15, 0.2) is 30.5 Å². The van der Waals surface area contributed by atoms with Crippen LogP contribution >= 0.6 is 11.6 Å². The molecule has 0 spiro atoms. The molecule has 0 aliphatic carbocycles. The van der Waals surface area contributed by atoms with Gasteiger partial charge in [0.15, 0.2) is 9.84 Å². The van der Waals surface area contributed by atoms with E-state index in [1.165, 1.54) is 0 Å². The summed E-state index contributed by atoms with van der Waals surface area (Å²) in [6, 6.07) is 7.63. The summed E-state index contributed by atoms with van der Waals surface area (Å²) in [7, 11) is -2.95. The van der Waals surface area contributed by atoms with Crippen LogP contribution in [0.25, 0.3) is 10.9 Å². The minimum absolute atomic E-state index is 0.163. The maximum atomic E-state index is 11.7. The third-order valence-corrected chi connectivity index (χ3v) is 5.04. The van der Waals surface area contributed by atoms with E-state index in [0.717, 1.165) is 10.9 Å². The zero-order chi connectivity index (χ0) is 13.2. The summed E-state index contributed by atoms with van der Waals surface area (Å²) in [6.45, 7) is 2.33. The minimum atomic E-state index is -2.95. The van der Waals surface area contributed by atoms with E-state index in [0.29, 0.717) is 18.0 Å². The highest BCUT2D eigenvalue weighted by Gasteiger charge is 2.11. The molecule has 0 atom stereocenters. The van der Waals surface area contributed by atoms with Gasteiger partial charge in [0, 0.05) is 23.9 Å². The monoisotopic (exact) mass is 285 g/mol. The average molecular weight is 286 g/mol. The van der Waals surface area contributed by atoms with Gasteiger partial charge in [-0.1, -0.05) is 30.7 Å². The van der Waals surface area contributed by atoms with E-state index < -0.39 is 9.84 Å². The quantitative estimate of drug-likeness (QED) is 0.847. The van der Waals surface area contributed by atoms with Crippen molar-refractivity contribution in [2.24, 2.45) is 0 Å². The summed E-state index contributed by atoms with van der Waals surface area (Å²) in [5.74, 6) is 0.412. The lowest BCUT2D eigenvalue weighted by Crippen LogP contribution is -2.15. The maximum Gasteiger partial charge on any atom is 0.152 e. The molecule has 0 N–H and O–H groups in total. The van der Waals surface area contributed by atoms with E-state index in [9.17, 15) is 8.42 Å². The third kappa shape index (κ3) is 2.87. The second-order valence-corrected chi connectivity index (χ2v) is 7.05. The summed E-state index contributed by atoms with van der Waals surface area (Å²) in [5, 5.41) is 1.70. The molecule has 2 rings (SSSR count). The van der Waals surface area contributed by atoms with Crippen LogP contribution in [0, 0.1) is 0 Å². The van der Waals surface area contributed by atoms with Gasteiger partial charge in [0.05, 0.1) is 16.3 Å². The van der Waals surface area contributed by atoms with Crippen molar-refractivity contribution in [1.29, 1.82) is 0 Å². The van der Waals surface area contributed by atoms with Gasteiger partial charge in [0.2, 0.25) is 0 Å². The van der Waals surface area contributed by atoms with E-state index >= 15 is 0 Å². The second kappa shape index (κ2) is 5.33. The first-order valence-electron chi connectivity index (χ1n) is 5.97. The lowest BCUT2D eigenvalue weighted by molar-refractivity contribution is 0.588. The Bertz CT molecular complexity index is 646. The summed E-state index contributed by atoms with van der Waals surface area (Å²) < 4.78 is 25.3. The van der Waals surface area contributed by atoms with Crippen molar-refractivity contribution in [3.63, 3.8) is 0 Å². The molecule has 0 saturated heterocycles. The number of nitrogens with zero attached hydrogens (tertiary/aromatic N) is 1. The van der Waals surface area contributed by atoms with Crippen molar-refractivity contribution in [2.75, 3.05) is 11.5 Å². The first-order valence-corrected chi connectivity index (χ1v) is 8.17. The van der Waals surface area contributed by atoms with Gasteiger partial charge in [-0.15, -0.1) is 0 Å². The molecule has 0 bridgehead atoms. The van der Waals surface area contributed by atoms with Crippen molar-refractivity contribution >= 4 is 32.3 Å². The van der Waals surface area contributed by atoms with Crippen molar-refractivity contribution in [3.05, 3.63) is 35.5 Å². The van der Waals surface area contributed by atoms with Crippen LogP contribution in [0.2, 0.25) is 5.02 Å². The number of sulfone groups is 1. The SMILES string of the molecule is CCCS(=O)(=O)CCn1ccc2cccc(Cl)c21. The Morgan fingerprint density at radius 2 is 2.00 bits per heavy atom. The van der Waals surface area contributed by atoms with Gasteiger partial charge in [0.1, 0.15) is 0 Å². The van der Waals surface area contributed by atoms with Crippen molar-refractivity contribution < 1.29 is 8.42 Å². The summed E-state index contributed by atoms with van der Waals surface area (Å²) in [4.78, 5) is 0. The fraction of sp³-hybridized carbons (Fsp3) is 0.385. The number of halogens is 1. The predicted octanol–water partition coefficient (Wildman–Crippen LogP) is 3.12. The number of aryl methyl sites for hydroxylation is 1. The van der Waals surface area contributed by atoms with Crippen LogP contribution in [-0.4, -0.2) is 24.5 Å². The first kappa shape index (κ1) is 13.4. The van der Waals surface area contributed by atoms with Gasteiger partial charge < -0.3 is 4.57 Å². The molecule has 1 aromatic carbocycles. The molecule has 5 heteroatoms. The highest BCUT2D eigenvalue weighted by atomic mass is 35.5. The Morgan fingerprint density at radius 3 is 2.72 bits per heavy atom. The number of hydrogen-bond donors (Lipinski definition) is 0. The Morgan fingerprint density at radius 1 is 1.22 bits per heavy atom. The van der Waals surface area contributed by atoms with E-state index in [2.05, 4.69) is 0 Å². The van der Waals surface area contributed by atoms with Crippen LogP contribution < -0.4 is 0 Å². The van der Waals surface area contributed by atoms with Crippen LogP contribution in [0.5, 0.6) is 0 Å². The minimum Gasteiger partial charge on any atom is -0.345 e. The lowest BCUT2D eigenvalue weighted by atomic mass is 10.2. The largest absolute Gasteiger partial charge is 0.345 e. The third-order valence-electron chi connectivity index (χ3n) is 2.90. The van der Waals surface area contributed by atoms with Crippen molar-refractivity contribution in [1.82, 2.24) is 4.57 Å². The first-order chi connectivity index (χ1) is 8.53. The average Bonchev–Trinajstić information content (AvgIpc) is 2.71. The van der Waals surface area contributed by atoms with Gasteiger partial charge in [0.25, 0.3) is 0 Å². The number of hydrogen-bond acceptors (Lipinski definition) is 2. The standard InChI is InChI=1S/C13H16ClNO2S/c1-2-9-18(16,17)10-8-15-7-6-11-4-3-5-12(14)13(11)15/h3-7H,2,8-10H2,1H3. The van der Waals surface area contributed by atoms with Crippen LogP contribution in [0.3, 0.4) is 0 Å².